The third-order valence-corrected chi connectivity index (χ3v) is 11.6. The maximum absolute atomic E-state index is 13.3. The molecule has 2 bridgehead atoms. The van der Waals surface area contributed by atoms with Crippen LogP contribution in [-0.2, 0) is 11.3 Å². The highest BCUT2D eigenvalue weighted by atomic mass is 79.9. The number of nitrogens with one attached hydrogen (secondary N) is 1. The number of thioether (sulfide) groups is 1. The second-order valence-corrected chi connectivity index (χ2v) is 13.3. The summed E-state index contributed by atoms with van der Waals surface area (Å²) < 4.78 is 2.80. The van der Waals surface area contributed by atoms with Gasteiger partial charge in [0.2, 0.25) is 5.91 Å². The number of nitrogens with zero attached hydrogens (tertiary/aromatic N) is 1. The zero-order valence-corrected chi connectivity index (χ0v) is 22.7. The van der Waals surface area contributed by atoms with Crippen molar-refractivity contribution in [2.45, 2.75) is 42.0 Å². The van der Waals surface area contributed by atoms with Gasteiger partial charge >= 0.3 is 4.87 Å². The highest BCUT2D eigenvalue weighted by molar-refractivity contribution is 9.10. The second-order valence-electron chi connectivity index (χ2n) is 10.3. The Morgan fingerprint density at radius 1 is 1.00 bits per heavy atom. The van der Waals surface area contributed by atoms with Crippen molar-refractivity contribution >= 4 is 61.4 Å². The smallest absolute Gasteiger partial charge is 0.308 e. The number of rotatable bonds is 4. The highest BCUT2D eigenvalue weighted by Crippen LogP contribution is 2.64. The summed E-state index contributed by atoms with van der Waals surface area (Å²) in [4.78, 5) is 27.5. The number of carbonyl (C=O) groups excluding carboxylic acids is 1. The molecule has 3 aromatic carbocycles. The third-order valence-electron chi connectivity index (χ3n) is 8.23. The zero-order valence-electron chi connectivity index (χ0n) is 19.5. The van der Waals surface area contributed by atoms with Gasteiger partial charge in [0.05, 0.1) is 5.03 Å². The molecule has 1 aliphatic heterocycles. The second kappa shape index (κ2) is 8.89. The van der Waals surface area contributed by atoms with Crippen LogP contribution in [0, 0.1) is 17.8 Å². The van der Waals surface area contributed by atoms with Gasteiger partial charge < -0.3 is 5.32 Å². The van der Waals surface area contributed by atoms with Gasteiger partial charge in [0.1, 0.15) is 6.54 Å². The molecule has 0 radical (unpaired) electrons. The van der Waals surface area contributed by atoms with Gasteiger partial charge in [-0.2, -0.15) is 0 Å². The minimum Gasteiger partial charge on any atom is -0.325 e. The first-order valence-electron chi connectivity index (χ1n) is 12.5. The quantitative estimate of drug-likeness (QED) is 0.281. The van der Waals surface area contributed by atoms with E-state index in [1.54, 1.807) is 4.57 Å². The van der Waals surface area contributed by atoms with Crippen LogP contribution in [0.25, 0.3) is 10.8 Å². The van der Waals surface area contributed by atoms with Crippen molar-refractivity contribution in [2.24, 2.45) is 17.8 Å². The lowest BCUT2D eigenvalue weighted by atomic mass is 9.75. The Bertz CT molecular complexity index is 1560. The highest BCUT2D eigenvalue weighted by Gasteiger charge is 2.55. The number of anilines is 1. The van der Waals surface area contributed by atoms with E-state index in [1.807, 2.05) is 48.2 Å². The summed E-state index contributed by atoms with van der Waals surface area (Å²) >= 11 is 6.88. The largest absolute Gasteiger partial charge is 0.325 e. The Morgan fingerprint density at radius 2 is 1.83 bits per heavy atom. The molecule has 7 heteroatoms. The first kappa shape index (κ1) is 22.8. The Hall–Kier alpha value is -2.35. The lowest BCUT2D eigenvalue weighted by molar-refractivity contribution is -0.116. The molecule has 4 nitrogen and oxygen atoms in total. The van der Waals surface area contributed by atoms with Crippen LogP contribution in [0.4, 0.5) is 5.69 Å². The fourth-order valence-corrected chi connectivity index (χ4v) is 10.3. The topological polar surface area (TPSA) is 51.1 Å². The molecule has 4 aromatic rings. The third kappa shape index (κ3) is 3.78. The van der Waals surface area contributed by atoms with Gasteiger partial charge in [-0.15, -0.1) is 11.8 Å². The molecular formula is C29H25BrN2O2S2. The van der Waals surface area contributed by atoms with Crippen LogP contribution in [0.5, 0.6) is 0 Å². The number of benzene rings is 3. The lowest BCUT2D eigenvalue weighted by Gasteiger charge is -2.40. The molecule has 2 aliphatic carbocycles. The number of amides is 1. The van der Waals surface area contributed by atoms with Gasteiger partial charge in [-0.25, -0.2) is 0 Å². The van der Waals surface area contributed by atoms with Gasteiger partial charge in [0.15, 0.2) is 0 Å². The van der Waals surface area contributed by atoms with E-state index in [0.717, 1.165) is 36.8 Å². The molecule has 3 aliphatic rings. The van der Waals surface area contributed by atoms with Crippen LogP contribution < -0.4 is 10.2 Å². The summed E-state index contributed by atoms with van der Waals surface area (Å²) in [7, 11) is 0. The summed E-state index contributed by atoms with van der Waals surface area (Å²) in [5.41, 5.74) is 2.03. The zero-order chi connectivity index (χ0) is 24.4. The molecule has 2 fully saturated rings. The molecule has 1 N–H and O–H groups in total. The molecule has 7 rings (SSSR count). The SMILES string of the molecule is O=C(Cn1c2c(sc1=O)[C@H](c1cccc(Br)c1)C1C3CCC(C3)C1S2)Nc1ccc2ccccc2c1. The number of halogens is 1. The number of fused-ring (bicyclic) bond motifs is 7. The summed E-state index contributed by atoms with van der Waals surface area (Å²) in [6.07, 6.45) is 3.89. The van der Waals surface area contributed by atoms with E-state index < -0.39 is 0 Å². The van der Waals surface area contributed by atoms with Crippen molar-refractivity contribution in [3.63, 3.8) is 0 Å². The first-order valence-corrected chi connectivity index (χ1v) is 15.0. The van der Waals surface area contributed by atoms with Crippen molar-refractivity contribution in [2.75, 3.05) is 5.32 Å². The van der Waals surface area contributed by atoms with E-state index in [4.69, 9.17) is 0 Å². The molecule has 36 heavy (non-hydrogen) atoms. The number of carbonyl (C=O) groups is 1. The van der Waals surface area contributed by atoms with E-state index in [2.05, 4.69) is 51.6 Å². The molecule has 1 amide bonds. The molecule has 1 aromatic heterocycles. The molecule has 2 heterocycles. The molecular weight excluding hydrogens is 552 g/mol. The number of thiazole rings is 1. The van der Waals surface area contributed by atoms with Gasteiger partial charge in [-0.05, 0) is 77.6 Å². The molecule has 182 valence electrons. The predicted molar refractivity (Wildman–Crippen MR) is 151 cm³/mol. The Balaban J connectivity index is 1.23. The fraction of sp³-hybridized carbons (Fsp3) is 0.310. The van der Waals surface area contributed by atoms with Crippen LogP contribution in [0.15, 0.2) is 81.0 Å². The summed E-state index contributed by atoms with van der Waals surface area (Å²) in [6, 6.07) is 22.6. The van der Waals surface area contributed by atoms with Crippen LogP contribution >= 0.6 is 39.0 Å². The van der Waals surface area contributed by atoms with Crippen LogP contribution in [-0.4, -0.2) is 15.7 Å². The standard InChI is InChI=1S/C29H25BrN2O2S2/c30-21-7-3-6-18(13-21)25-24-19-8-9-20(12-19)26(24)35-28-27(25)36-29(34)32(28)15-23(33)31-22-11-10-16-4-1-2-5-17(16)14-22/h1-7,10-11,13-14,19-20,24-26H,8-9,12,15H2,(H,31,33)/t19?,20?,24?,25-,26?/m1/s1. The first-order chi connectivity index (χ1) is 17.5. The average Bonchev–Trinajstić information content (AvgIpc) is 3.57. The average molecular weight is 578 g/mol. The van der Waals surface area contributed by atoms with Crippen molar-refractivity contribution in [1.82, 2.24) is 4.57 Å². The molecule has 0 spiro atoms. The van der Waals surface area contributed by atoms with Crippen LogP contribution in [0.2, 0.25) is 0 Å². The number of hydrogen-bond donors (Lipinski definition) is 1. The van der Waals surface area contributed by atoms with E-state index >= 15 is 0 Å². The molecule has 5 atom stereocenters. The summed E-state index contributed by atoms with van der Waals surface area (Å²) in [5, 5.41) is 6.76. The minimum atomic E-state index is -0.164. The Kier molecular flexibility index (Phi) is 5.64. The van der Waals surface area contributed by atoms with Crippen molar-refractivity contribution in [3.05, 3.63) is 91.3 Å². The van der Waals surface area contributed by atoms with E-state index in [9.17, 15) is 9.59 Å². The van der Waals surface area contributed by atoms with Crippen molar-refractivity contribution < 1.29 is 4.79 Å². The van der Waals surface area contributed by atoms with Crippen molar-refractivity contribution in [3.8, 4) is 0 Å². The molecule has 0 saturated heterocycles. The lowest BCUT2D eigenvalue weighted by Crippen LogP contribution is -2.34. The normalized spacial score (nSPS) is 26.1. The predicted octanol–water partition coefficient (Wildman–Crippen LogP) is 7.12. The summed E-state index contributed by atoms with van der Waals surface area (Å²) in [5.74, 6) is 2.06. The Labute approximate surface area is 226 Å². The van der Waals surface area contributed by atoms with Gasteiger partial charge in [0, 0.05) is 26.2 Å². The maximum atomic E-state index is 13.3. The van der Waals surface area contributed by atoms with Crippen LogP contribution in [0.3, 0.4) is 0 Å². The minimum absolute atomic E-state index is 0.0338. The van der Waals surface area contributed by atoms with Crippen LogP contribution in [0.1, 0.15) is 35.6 Å². The molecule has 4 unspecified atom stereocenters. The van der Waals surface area contributed by atoms with Crippen molar-refractivity contribution in [1.29, 1.82) is 0 Å². The Morgan fingerprint density at radius 3 is 2.69 bits per heavy atom. The van der Waals surface area contributed by atoms with Gasteiger partial charge in [-0.1, -0.05) is 69.7 Å². The summed E-state index contributed by atoms with van der Waals surface area (Å²) in [6.45, 7) is 0.0428. The van der Waals surface area contributed by atoms with E-state index in [0.29, 0.717) is 17.1 Å². The fourth-order valence-electron chi connectivity index (χ4n) is 6.77. The van der Waals surface area contributed by atoms with Gasteiger partial charge in [0.25, 0.3) is 0 Å². The number of aromatic nitrogens is 1. The monoisotopic (exact) mass is 576 g/mol. The molecule has 2 saturated carbocycles. The van der Waals surface area contributed by atoms with E-state index in [-0.39, 0.29) is 23.2 Å². The van der Waals surface area contributed by atoms with Gasteiger partial charge in [-0.3, -0.25) is 14.2 Å². The van der Waals surface area contributed by atoms with E-state index in [1.165, 1.54) is 36.2 Å². The number of hydrogen-bond acceptors (Lipinski definition) is 4. The maximum Gasteiger partial charge on any atom is 0.308 e.